The van der Waals surface area contributed by atoms with E-state index in [4.69, 9.17) is 9.15 Å². The Kier molecular flexibility index (Phi) is 6.39. The third kappa shape index (κ3) is 5.36. The van der Waals surface area contributed by atoms with Gasteiger partial charge in [0.1, 0.15) is 11.3 Å². The lowest BCUT2D eigenvalue weighted by atomic mass is 10.0. The van der Waals surface area contributed by atoms with Crippen molar-refractivity contribution in [3.63, 3.8) is 0 Å². The van der Waals surface area contributed by atoms with Crippen LogP contribution in [0.15, 0.2) is 93.0 Å². The van der Waals surface area contributed by atoms with E-state index in [1.165, 1.54) is 24.3 Å². The Balaban J connectivity index is 1.44. The summed E-state index contributed by atoms with van der Waals surface area (Å²) < 4.78 is 37.6. The molecule has 0 aliphatic rings. The zero-order chi connectivity index (χ0) is 23.4. The molecule has 4 aromatic rings. The molecule has 7 nitrogen and oxygen atoms in total. The Labute approximate surface area is 190 Å². The number of hydrogen-bond donors (Lipinski definition) is 1. The Bertz CT molecular complexity index is 1460. The van der Waals surface area contributed by atoms with Crippen molar-refractivity contribution in [2.45, 2.75) is 18.2 Å². The van der Waals surface area contributed by atoms with Gasteiger partial charge < -0.3 is 9.15 Å². The molecule has 0 radical (unpaired) electrons. The summed E-state index contributed by atoms with van der Waals surface area (Å²) in [5.41, 5.74) is 2.29. The maximum Gasteiger partial charge on any atom is 0.336 e. The van der Waals surface area contributed by atoms with E-state index in [0.29, 0.717) is 10.9 Å². The van der Waals surface area contributed by atoms with Gasteiger partial charge >= 0.3 is 11.6 Å². The average Bonchev–Trinajstić information content (AvgIpc) is 2.79. The number of aryl methyl sites for hydroxylation is 1. The molecule has 0 aliphatic carbocycles. The minimum absolute atomic E-state index is 0.115. The minimum Gasteiger partial charge on any atom is -0.426 e. The molecule has 0 saturated carbocycles. The van der Waals surface area contributed by atoms with Crippen LogP contribution in [0.4, 0.5) is 0 Å². The number of rotatable bonds is 7. The van der Waals surface area contributed by atoms with Crippen LogP contribution in [0.25, 0.3) is 22.1 Å². The second-order valence-electron chi connectivity index (χ2n) is 7.44. The molecule has 0 spiro atoms. The molecule has 0 fully saturated rings. The van der Waals surface area contributed by atoms with E-state index in [9.17, 15) is 18.0 Å². The van der Waals surface area contributed by atoms with Gasteiger partial charge in [-0.3, -0.25) is 4.79 Å². The first kappa shape index (κ1) is 22.4. The maximum atomic E-state index is 12.3. The molecule has 1 heterocycles. The predicted octanol–water partition coefficient (Wildman–Crippen LogP) is 4.04. The molecule has 8 heteroatoms. The van der Waals surface area contributed by atoms with Gasteiger partial charge in [0.25, 0.3) is 0 Å². The Morgan fingerprint density at radius 1 is 0.970 bits per heavy atom. The molecule has 1 aromatic heterocycles. The van der Waals surface area contributed by atoms with Crippen LogP contribution in [0.1, 0.15) is 12.0 Å². The standard InChI is InChI=1S/C25H21NO6S/c1-17-7-10-20(11-8-17)33(29,30)26-14-13-24(27)31-19-9-12-21-22(18-5-3-2-4-6-18)16-25(28)32-23(21)15-19/h2-12,15-16,26H,13-14H2,1H3. The smallest absolute Gasteiger partial charge is 0.336 e. The van der Waals surface area contributed by atoms with Gasteiger partial charge in [-0.15, -0.1) is 0 Å². The van der Waals surface area contributed by atoms with Gasteiger partial charge in [-0.2, -0.15) is 0 Å². The van der Waals surface area contributed by atoms with E-state index >= 15 is 0 Å². The third-order valence-electron chi connectivity index (χ3n) is 4.98. The monoisotopic (exact) mass is 463 g/mol. The highest BCUT2D eigenvalue weighted by atomic mass is 32.2. The van der Waals surface area contributed by atoms with Crippen LogP contribution in [0.2, 0.25) is 0 Å². The molecule has 168 valence electrons. The fourth-order valence-corrected chi connectivity index (χ4v) is 4.37. The normalized spacial score (nSPS) is 11.4. The Hall–Kier alpha value is -3.75. The fourth-order valence-electron chi connectivity index (χ4n) is 3.33. The van der Waals surface area contributed by atoms with Crippen molar-refractivity contribution in [3.05, 3.63) is 94.8 Å². The summed E-state index contributed by atoms with van der Waals surface area (Å²) in [6.07, 6.45) is -0.170. The number of carbonyl (C=O) groups is 1. The van der Waals surface area contributed by atoms with Crippen molar-refractivity contribution < 1.29 is 22.4 Å². The Morgan fingerprint density at radius 3 is 2.42 bits per heavy atom. The highest BCUT2D eigenvalue weighted by Gasteiger charge is 2.15. The predicted molar refractivity (Wildman–Crippen MR) is 125 cm³/mol. The molecule has 33 heavy (non-hydrogen) atoms. The van der Waals surface area contributed by atoms with Gasteiger partial charge in [0.2, 0.25) is 10.0 Å². The second-order valence-corrected chi connectivity index (χ2v) is 9.20. The highest BCUT2D eigenvalue weighted by Crippen LogP contribution is 2.29. The minimum atomic E-state index is -3.72. The zero-order valence-electron chi connectivity index (χ0n) is 17.8. The number of nitrogens with one attached hydrogen (secondary N) is 1. The number of benzene rings is 3. The number of esters is 1. The topological polar surface area (TPSA) is 103 Å². The highest BCUT2D eigenvalue weighted by molar-refractivity contribution is 7.89. The summed E-state index contributed by atoms with van der Waals surface area (Å²) in [7, 11) is -3.72. The molecule has 0 aliphatic heterocycles. The van der Waals surface area contributed by atoms with Crippen LogP contribution in [-0.4, -0.2) is 20.9 Å². The van der Waals surface area contributed by atoms with Gasteiger partial charge in [-0.25, -0.2) is 17.9 Å². The largest absolute Gasteiger partial charge is 0.426 e. The number of sulfonamides is 1. The number of ether oxygens (including phenoxy) is 1. The van der Waals surface area contributed by atoms with Crippen LogP contribution >= 0.6 is 0 Å². The lowest BCUT2D eigenvalue weighted by molar-refractivity contribution is -0.134. The maximum absolute atomic E-state index is 12.3. The van der Waals surface area contributed by atoms with Gasteiger partial charge in [0.05, 0.1) is 11.3 Å². The fraction of sp³-hybridized carbons (Fsp3) is 0.120. The van der Waals surface area contributed by atoms with Crippen LogP contribution < -0.4 is 15.1 Å². The first-order chi connectivity index (χ1) is 15.8. The molecular weight excluding hydrogens is 442 g/mol. The number of carbonyl (C=O) groups excluding carboxylic acids is 1. The number of hydrogen-bond acceptors (Lipinski definition) is 6. The quantitative estimate of drug-likeness (QED) is 0.252. The van der Waals surface area contributed by atoms with Gasteiger partial charge in [0, 0.05) is 24.1 Å². The molecule has 0 amide bonds. The molecular formula is C25H21NO6S. The van der Waals surface area contributed by atoms with Gasteiger partial charge in [-0.05, 0) is 42.3 Å². The summed E-state index contributed by atoms with van der Waals surface area (Å²) in [5.74, 6) is -0.426. The van der Waals surface area contributed by atoms with E-state index in [-0.39, 0.29) is 29.2 Å². The van der Waals surface area contributed by atoms with Crippen molar-refractivity contribution in [1.29, 1.82) is 0 Å². The molecule has 0 bridgehead atoms. The van der Waals surface area contributed by atoms with E-state index in [1.54, 1.807) is 24.3 Å². The summed E-state index contributed by atoms with van der Waals surface area (Å²) in [6.45, 7) is 1.75. The van der Waals surface area contributed by atoms with Crippen LogP contribution in [0.3, 0.4) is 0 Å². The van der Waals surface area contributed by atoms with E-state index in [2.05, 4.69) is 4.72 Å². The summed E-state index contributed by atoms with van der Waals surface area (Å²) in [6, 6.07) is 22.0. The van der Waals surface area contributed by atoms with Crippen molar-refractivity contribution in [2.24, 2.45) is 0 Å². The lowest BCUT2D eigenvalue weighted by Crippen LogP contribution is -2.27. The molecule has 0 atom stereocenters. The van der Waals surface area contributed by atoms with Crippen LogP contribution in [-0.2, 0) is 14.8 Å². The van der Waals surface area contributed by atoms with Gasteiger partial charge in [-0.1, -0.05) is 48.0 Å². The van der Waals surface area contributed by atoms with Gasteiger partial charge in [0.15, 0.2) is 0 Å². The first-order valence-corrected chi connectivity index (χ1v) is 11.7. The van der Waals surface area contributed by atoms with Crippen molar-refractivity contribution in [1.82, 2.24) is 4.72 Å². The molecule has 3 aromatic carbocycles. The summed E-state index contributed by atoms with van der Waals surface area (Å²) in [4.78, 5) is 24.4. The lowest BCUT2D eigenvalue weighted by Gasteiger charge is -2.09. The molecule has 1 N–H and O–H groups in total. The van der Waals surface area contributed by atoms with Crippen LogP contribution in [0.5, 0.6) is 5.75 Å². The van der Waals surface area contributed by atoms with Crippen molar-refractivity contribution in [2.75, 3.05) is 6.54 Å². The van der Waals surface area contributed by atoms with Crippen LogP contribution in [0, 0.1) is 6.92 Å². The molecule has 0 unspecified atom stereocenters. The SMILES string of the molecule is Cc1ccc(S(=O)(=O)NCCC(=O)Oc2ccc3c(-c4ccccc4)cc(=O)oc3c2)cc1. The zero-order valence-corrected chi connectivity index (χ0v) is 18.6. The first-order valence-electron chi connectivity index (χ1n) is 10.2. The van der Waals surface area contributed by atoms with Crippen molar-refractivity contribution in [3.8, 4) is 16.9 Å². The second kappa shape index (κ2) is 9.40. The summed E-state index contributed by atoms with van der Waals surface area (Å²) >= 11 is 0. The van der Waals surface area contributed by atoms with E-state index < -0.39 is 21.6 Å². The molecule has 0 saturated heterocycles. The summed E-state index contributed by atoms with van der Waals surface area (Å²) in [5, 5.41) is 0.700. The molecule has 4 rings (SSSR count). The third-order valence-corrected chi connectivity index (χ3v) is 6.46. The van der Waals surface area contributed by atoms with E-state index in [0.717, 1.165) is 11.1 Å². The van der Waals surface area contributed by atoms with Crippen molar-refractivity contribution >= 4 is 27.0 Å². The Morgan fingerprint density at radius 2 is 1.70 bits per heavy atom. The van der Waals surface area contributed by atoms with E-state index in [1.807, 2.05) is 37.3 Å². The number of fused-ring (bicyclic) bond motifs is 1. The average molecular weight is 464 g/mol.